The highest BCUT2D eigenvalue weighted by atomic mass is 35.5. The van der Waals surface area contributed by atoms with E-state index >= 15 is 0 Å². The number of benzene rings is 2. The van der Waals surface area contributed by atoms with Crippen LogP contribution < -0.4 is 10.6 Å². The molecule has 0 bridgehead atoms. The summed E-state index contributed by atoms with van der Waals surface area (Å²) in [7, 11) is 1.59. The van der Waals surface area contributed by atoms with Crippen molar-refractivity contribution in [1.29, 1.82) is 0 Å². The van der Waals surface area contributed by atoms with E-state index in [0.29, 0.717) is 16.9 Å². The number of aromatic nitrogens is 3. The number of aryl methyl sites for hydroxylation is 1. The maximum absolute atomic E-state index is 14.0. The van der Waals surface area contributed by atoms with E-state index in [9.17, 15) is 9.18 Å². The molecule has 0 fully saturated rings. The fraction of sp³-hybridized carbons (Fsp3) is 0.348. The van der Waals surface area contributed by atoms with Crippen molar-refractivity contribution in [2.24, 2.45) is 0 Å². The maximum atomic E-state index is 14.0. The van der Waals surface area contributed by atoms with Crippen LogP contribution in [-0.4, -0.2) is 38.5 Å². The van der Waals surface area contributed by atoms with Crippen LogP contribution in [0.3, 0.4) is 0 Å². The number of ether oxygens (including phenoxy) is 1. The molecule has 33 heavy (non-hydrogen) atoms. The summed E-state index contributed by atoms with van der Waals surface area (Å²) < 4.78 is 21.3. The average molecular weight is 492 g/mol. The van der Waals surface area contributed by atoms with Gasteiger partial charge in [-0.25, -0.2) is 9.07 Å². The molecule has 7 nitrogen and oxygen atoms in total. The number of rotatable bonds is 9. The van der Waals surface area contributed by atoms with Crippen LogP contribution in [0, 0.1) is 12.7 Å². The van der Waals surface area contributed by atoms with Gasteiger partial charge in [0.05, 0.1) is 5.75 Å². The van der Waals surface area contributed by atoms with Crippen LogP contribution in [0.25, 0.3) is 0 Å². The number of nitrogen functional groups attached to an aromatic ring is 1. The van der Waals surface area contributed by atoms with Gasteiger partial charge >= 0.3 is 0 Å². The predicted molar refractivity (Wildman–Crippen MR) is 128 cm³/mol. The monoisotopic (exact) mass is 491 g/mol. The Labute approximate surface area is 202 Å². The van der Waals surface area contributed by atoms with Gasteiger partial charge in [-0.15, -0.1) is 10.2 Å². The Hall–Kier alpha value is -2.78. The Morgan fingerprint density at radius 1 is 1.30 bits per heavy atom. The summed E-state index contributed by atoms with van der Waals surface area (Å²) in [5.74, 6) is 7.04. The van der Waals surface area contributed by atoms with Crippen molar-refractivity contribution in [3.8, 4) is 5.75 Å². The fourth-order valence-electron chi connectivity index (χ4n) is 3.14. The Morgan fingerprint density at radius 3 is 2.76 bits per heavy atom. The minimum Gasteiger partial charge on any atom is -0.485 e. The summed E-state index contributed by atoms with van der Waals surface area (Å²) in [6, 6.07) is 10.5. The first-order chi connectivity index (χ1) is 15.7. The number of carbonyl (C=O) groups is 1. The van der Waals surface area contributed by atoms with E-state index in [1.54, 1.807) is 13.1 Å². The van der Waals surface area contributed by atoms with Crippen LogP contribution in [0.2, 0.25) is 5.02 Å². The largest absolute Gasteiger partial charge is 0.485 e. The van der Waals surface area contributed by atoms with E-state index in [0.717, 1.165) is 28.6 Å². The van der Waals surface area contributed by atoms with Crippen LogP contribution in [-0.2, 0) is 17.9 Å². The minimum absolute atomic E-state index is 0.0635. The summed E-state index contributed by atoms with van der Waals surface area (Å²) in [6.07, 6.45) is 0. The zero-order valence-electron chi connectivity index (χ0n) is 19.0. The lowest BCUT2D eigenvalue weighted by molar-refractivity contribution is -0.127. The first-order valence-corrected chi connectivity index (χ1v) is 11.8. The van der Waals surface area contributed by atoms with Gasteiger partial charge in [0.1, 0.15) is 18.2 Å². The molecule has 1 aromatic heterocycles. The highest BCUT2D eigenvalue weighted by Gasteiger charge is 2.18. The van der Waals surface area contributed by atoms with E-state index < -0.39 is 5.82 Å². The van der Waals surface area contributed by atoms with Crippen LogP contribution >= 0.6 is 23.4 Å². The van der Waals surface area contributed by atoms with E-state index in [1.807, 2.05) is 13.0 Å². The third-order valence-corrected chi connectivity index (χ3v) is 6.37. The van der Waals surface area contributed by atoms with Gasteiger partial charge < -0.3 is 15.5 Å². The minimum atomic E-state index is -0.449. The molecule has 10 heteroatoms. The van der Waals surface area contributed by atoms with Crippen molar-refractivity contribution in [2.75, 3.05) is 18.6 Å². The van der Waals surface area contributed by atoms with Crippen molar-refractivity contribution < 1.29 is 13.9 Å². The average Bonchev–Trinajstić information content (AvgIpc) is 3.12. The summed E-state index contributed by atoms with van der Waals surface area (Å²) in [5, 5.41) is 8.82. The molecule has 0 aliphatic heterocycles. The molecule has 0 unspecified atom stereocenters. The van der Waals surface area contributed by atoms with Crippen molar-refractivity contribution >= 4 is 29.3 Å². The zero-order valence-corrected chi connectivity index (χ0v) is 20.6. The summed E-state index contributed by atoms with van der Waals surface area (Å²) in [6.45, 7) is 6.42. The molecule has 1 amide bonds. The Bertz CT molecular complexity index is 1120. The number of hydrogen-bond donors (Lipinski definition) is 1. The molecule has 3 rings (SSSR count). The number of nitrogens with two attached hydrogens (primary N) is 1. The van der Waals surface area contributed by atoms with Gasteiger partial charge in [-0.2, -0.15) is 0 Å². The van der Waals surface area contributed by atoms with E-state index in [2.05, 4.69) is 36.2 Å². The molecule has 0 radical (unpaired) electrons. The Morgan fingerprint density at radius 2 is 2.06 bits per heavy atom. The van der Waals surface area contributed by atoms with E-state index in [1.165, 1.54) is 21.7 Å². The van der Waals surface area contributed by atoms with Gasteiger partial charge in [-0.1, -0.05) is 55.4 Å². The van der Waals surface area contributed by atoms with Crippen LogP contribution in [0.15, 0.2) is 41.6 Å². The highest BCUT2D eigenvalue weighted by Crippen LogP contribution is 2.28. The van der Waals surface area contributed by atoms with Crippen LogP contribution in [0.1, 0.15) is 42.3 Å². The number of thioether (sulfide) groups is 1. The quantitative estimate of drug-likeness (QED) is 0.349. The normalized spacial score (nSPS) is 11.1. The second-order valence-electron chi connectivity index (χ2n) is 7.99. The molecule has 2 N–H and O–H groups in total. The van der Waals surface area contributed by atoms with Gasteiger partial charge in [0.2, 0.25) is 11.1 Å². The van der Waals surface area contributed by atoms with Crippen LogP contribution in [0.5, 0.6) is 5.75 Å². The molecule has 2 aromatic carbocycles. The first kappa shape index (κ1) is 24.9. The lowest BCUT2D eigenvalue weighted by atomic mass is 10.0. The number of amides is 1. The first-order valence-electron chi connectivity index (χ1n) is 10.4. The molecule has 1 heterocycles. The maximum Gasteiger partial charge on any atom is 0.233 e. The van der Waals surface area contributed by atoms with Gasteiger partial charge in [-0.05, 0) is 42.2 Å². The Balaban J connectivity index is 1.59. The predicted octanol–water partition coefficient (Wildman–Crippen LogP) is 4.55. The second-order valence-corrected chi connectivity index (χ2v) is 9.34. The molecule has 0 saturated carbocycles. The lowest BCUT2D eigenvalue weighted by Crippen LogP contribution is -2.28. The number of carbonyl (C=O) groups excluding carboxylic acids is 1. The molecule has 0 aliphatic rings. The molecule has 176 valence electrons. The molecule has 3 aromatic rings. The number of halogens is 2. The smallest absolute Gasteiger partial charge is 0.233 e. The van der Waals surface area contributed by atoms with Crippen molar-refractivity contribution in [3.05, 3.63) is 69.8 Å². The van der Waals surface area contributed by atoms with Crippen molar-refractivity contribution in [3.63, 3.8) is 0 Å². The second kappa shape index (κ2) is 10.9. The molecule has 0 aliphatic carbocycles. The van der Waals surface area contributed by atoms with E-state index in [-0.39, 0.29) is 35.4 Å². The molecule has 0 spiro atoms. The summed E-state index contributed by atoms with van der Waals surface area (Å²) in [4.78, 5) is 13.9. The van der Waals surface area contributed by atoms with Crippen molar-refractivity contribution in [2.45, 2.75) is 45.0 Å². The molecular formula is C23H27ClFN5O2S. The van der Waals surface area contributed by atoms with Gasteiger partial charge in [-0.3, -0.25) is 4.79 Å². The summed E-state index contributed by atoms with van der Waals surface area (Å²) >= 11 is 7.20. The third-order valence-electron chi connectivity index (χ3n) is 5.09. The van der Waals surface area contributed by atoms with Crippen LogP contribution in [0.4, 0.5) is 4.39 Å². The van der Waals surface area contributed by atoms with E-state index in [4.69, 9.17) is 22.2 Å². The zero-order chi connectivity index (χ0) is 24.1. The fourth-order valence-corrected chi connectivity index (χ4v) is 4.17. The van der Waals surface area contributed by atoms with Gasteiger partial charge in [0.15, 0.2) is 5.82 Å². The lowest BCUT2D eigenvalue weighted by Gasteiger charge is -2.18. The number of nitrogens with zero attached hydrogens (tertiary/aromatic N) is 4. The highest BCUT2D eigenvalue weighted by molar-refractivity contribution is 7.99. The molecule has 0 atom stereocenters. The molecule has 0 saturated heterocycles. The SMILES string of the molecule is Cc1ccc(C(C)C)c(OCc2nnc(SCC(=O)N(C)Cc3c(F)cccc3Cl)n2N)c1. The molecular weight excluding hydrogens is 465 g/mol. The Kier molecular flexibility index (Phi) is 8.20. The third kappa shape index (κ3) is 6.17. The van der Waals surface area contributed by atoms with Crippen molar-refractivity contribution in [1.82, 2.24) is 19.8 Å². The standard InChI is InChI=1S/C23H27ClFN5O2S/c1-14(2)16-9-8-15(3)10-20(16)32-12-21-27-28-23(30(21)26)33-13-22(31)29(4)11-17-18(24)6-5-7-19(17)25/h5-10,14H,11-13,26H2,1-4H3. The summed E-state index contributed by atoms with van der Waals surface area (Å²) in [5.41, 5.74) is 2.47. The van der Waals surface area contributed by atoms with Gasteiger partial charge in [0.25, 0.3) is 0 Å². The topological polar surface area (TPSA) is 86.3 Å². The van der Waals surface area contributed by atoms with Gasteiger partial charge in [0, 0.05) is 24.2 Å². The number of hydrogen-bond acceptors (Lipinski definition) is 6.